The second-order valence-electron chi connectivity index (χ2n) is 3.95. The molecule has 0 aromatic rings. The number of ether oxygens (including phenoxy) is 1. The van der Waals surface area contributed by atoms with Gasteiger partial charge < -0.3 is 10.1 Å². The van der Waals surface area contributed by atoms with Crippen LogP contribution in [0.4, 0.5) is 0 Å². The molecule has 0 amide bonds. The molecule has 2 fully saturated rings. The molecular formula is C9H16ClNO2. The zero-order valence-corrected chi connectivity index (χ0v) is 8.65. The predicted molar refractivity (Wildman–Crippen MR) is 52.0 cm³/mol. The quantitative estimate of drug-likeness (QED) is 0.652. The topological polar surface area (TPSA) is 38.3 Å². The maximum Gasteiger partial charge on any atom is 0.313 e. The lowest BCUT2D eigenvalue weighted by atomic mass is 9.76. The van der Waals surface area contributed by atoms with Crippen LogP contribution >= 0.6 is 12.4 Å². The molecule has 4 heteroatoms. The average Bonchev–Trinajstić information content (AvgIpc) is 2.42. The van der Waals surface area contributed by atoms with Gasteiger partial charge in [-0.15, -0.1) is 12.4 Å². The number of esters is 1. The summed E-state index contributed by atoms with van der Waals surface area (Å²) in [6, 6.07) is 0.567. The summed E-state index contributed by atoms with van der Waals surface area (Å²) in [6.07, 6.45) is 4.37. The van der Waals surface area contributed by atoms with Gasteiger partial charge in [-0.3, -0.25) is 4.79 Å². The van der Waals surface area contributed by atoms with Crippen molar-refractivity contribution >= 4 is 18.4 Å². The summed E-state index contributed by atoms with van der Waals surface area (Å²) >= 11 is 0. The third-order valence-electron chi connectivity index (χ3n) is 3.19. The van der Waals surface area contributed by atoms with Gasteiger partial charge in [-0.1, -0.05) is 6.42 Å². The van der Waals surface area contributed by atoms with Gasteiger partial charge in [0.05, 0.1) is 12.5 Å². The summed E-state index contributed by atoms with van der Waals surface area (Å²) < 4.78 is 4.83. The van der Waals surface area contributed by atoms with E-state index in [9.17, 15) is 4.79 Å². The van der Waals surface area contributed by atoms with E-state index < -0.39 is 0 Å². The third kappa shape index (κ3) is 1.67. The Labute approximate surface area is 84.6 Å². The minimum Gasteiger partial charge on any atom is -0.469 e. The van der Waals surface area contributed by atoms with Crippen LogP contribution in [-0.2, 0) is 9.53 Å². The van der Waals surface area contributed by atoms with Crippen molar-refractivity contribution in [1.82, 2.24) is 5.32 Å². The van der Waals surface area contributed by atoms with Crippen molar-refractivity contribution in [2.24, 2.45) is 5.41 Å². The summed E-state index contributed by atoms with van der Waals surface area (Å²) in [6.45, 7) is 0.824. The van der Waals surface area contributed by atoms with Crippen molar-refractivity contribution in [3.8, 4) is 0 Å². The number of carbonyl (C=O) groups is 1. The average molecular weight is 206 g/mol. The highest BCUT2D eigenvalue weighted by Crippen LogP contribution is 2.41. The van der Waals surface area contributed by atoms with Gasteiger partial charge >= 0.3 is 5.97 Å². The molecule has 2 atom stereocenters. The van der Waals surface area contributed by atoms with E-state index in [1.807, 2.05) is 0 Å². The number of carbonyl (C=O) groups excluding carboxylic acids is 1. The molecule has 3 nitrogen and oxygen atoms in total. The van der Waals surface area contributed by atoms with E-state index in [0.717, 1.165) is 25.8 Å². The van der Waals surface area contributed by atoms with E-state index in [0.29, 0.717) is 6.04 Å². The lowest BCUT2D eigenvalue weighted by Gasteiger charge is -2.28. The van der Waals surface area contributed by atoms with Crippen LogP contribution in [0.25, 0.3) is 0 Å². The van der Waals surface area contributed by atoms with Crippen molar-refractivity contribution < 1.29 is 9.53 Å². The first-order valence-electron chi connectivity index (χ1n) is 4.59. The number of hydrogen-bond acceptors (Lipinski definition) is 3. The molecular weight excluding hydrogens is 190 g/mol. The summed E-state index contributed by atoms with van der Waals surface area (Å²) in [7, 11) is 1.49. The Bertz CT molecular complexity index is 206. The first-order valence-corrected chi connectivity index (χ1v) is 4.59. The second-order valence-corrected chi connectivity index (χ2v) is 3.95. The third-order valence-corrected chi connectivity index (χ3v) is 3.19. The van der Waals surface area contributed by atoms with Crippen LogP contribution in [0.3, 0.4) is 0 Å². The van der Waals surface area contributed by atoms with Crippen LogP contribution in [0.5, 0.6) is 0 Å². The lowest BCUT2D eigenvalue weighted by Crippen LogP contribution is -2.35. The molecule has 2 aliphatic rings. The molecule has 0 aromatic carbocycles. The predicted octanol–water partition coefficient (Wildman–Crippen LogP) is 1.11. The van der Waals surface area contributed by atoms with Gasteiger partial charge in [-0.2, -0.15) is 0 Å². The maximum atomic E-state index is 11.5. The number of hydrogen-bond donors (Lipinski definition) is 1. The van der Waals surface area contributed by atoms with Gasteiger partial charge in [0.15, 0.2) is 0 Å². The van der Waals surface area contributed by atoms with Crippen LogP contribution in [0.15, 0.2) is 0 Å². The van der Waals surface area contributed by atoms with Crippen LogP contribution in [0.2, 0.25) is 0 Å². The van der Waals surface area contributed by atoms with Gasteiger partial charge in [0.2, 0.25) is 0 Å². The van der Waals surface area contributed by atoms with E-state index in [1.54, 1.807) is 0 Å². The molecule has 2 bridgehead atoms. The molecule has 0 aromatic heterocycles. The Balaban J connectivity index is 0.000000845. The monoisotopic (exact) mass is 205 g/mol. The number of halogens is 1. The first kappa shape index (κ1) is 10.8. The molecule has 1 saturated carbocycles. The van der Waals surface area contributed by atoms with Gasteiger partial charge in [0, 0.05) is 12.6 Å². The van der Waals surface area contributed by atoms with Crippen LogP contribution in [-0.4, -0.2) is 25.7 Å². The Morgan fingerprint density at radius 3 is 3.08 bits per heavy atom. The molecule has 1 aliphatic heterocycles. The van der Waals surface area contributed by atoms with Crippen LogP contribution < -0.4 is 5.32 Å². The van der Waals surface area contributed by atoms with Crippen LogP contribution in [0, 0.1) is 5.41 Å². The summed E-state index contributed by atoms with van der Waals surface area (Å²) in [5.41, 5.74) is -0.169. The Morgan fingerprint density at radius 1 is 1.62 bits per heavy atom. The first-order chi connectivity index (χ1) is 5.77. The molecule has 0 spiro atoms. The molecule has 1 heterocycles. The molecule has 76 valence electrons. The number of methoxy groups -OCH3 is 1. The van der Waals surface area contributed by atoms with E-state index in [1.165, 1.54) is 13.5 Å². The fraction of sp³-hybridized carbons (Fsp3) is 0.889. The molecule has 2 unspecified atom stereocenters. The lowest BCUT2D eigenvalue weighted by molar-refractivity contribution is -0.152. The number of fused-ring (bicyclic) bond motifs is 2. The summed E-state index contributed by atoms with van der Waals surface area (Å²) in [5.74, 6) is -0.0165. The van der Waals surface area contributed by atoms with Gasteiger partial charge in [0.1, 0.15) is 0 Å². The zero-order valence-electron chi connectivity index (χ0n) is 7.84. The largest absolute Gasteiger partial charge is 0.469 e. The fourth-order valence-electron chi connectivity index (χ4n) is 2.51. The van der Waals surface area contributed by atoms with Crippen LogP contribution in [0.1, 0.15) is 25.7 Å². The van der Waals surface area contributed by atoms with Gasteiger partial charge in [0.25, 0.3) is 0 Å². The normalized spacial score (nSPS) is 36.5. The van der Waals surface area contributed by atoms with Crippen molar-refractivity contribution in [1.29, 1.82) is 0 Å². The van der Waals surface area contributed by atoms with Gasteiger partial charge in [-0.05, 0) is 19.3 Å². The van der Waals surface area contributed by atoms with E-state index in [2.05, 4.69) is 5.32 Å². The van der Waals surface area contributed by atoms with E-state index >= 15 is 0 Å². The molecule has 1 N–H and O–H groups in total. The zero-order chi connectivity index (χ0) is 8.60. The Hall–Kier alpha value is -0.280. The number of rotatable bonds is 1. The molecule has 0 radical (unpaired) electrons. The van der Waals surface area contributed by atoms with Crippen molar-refractivity contribution in [3.05, 3.63) is 0 Å². The Morgan fingerprint density at radius 2 is 2.38 bits per heavy atom. The second kappa shape index (κ2) is 3.84. The van der Waals surface area contributed by atoms with E-state index in [-0.39, 0.29) is 23.8 Å². The maximum absolute atomic E-state index is 11.5. The highest BCUT2D eigenvalue weighted by atomic mass is 35.5. The van der Waals surface area contributed by atoms with Crippen molar-refractivity contribution in [2.75, 3.05) is 13.7 Å². The summed E-state index contributed by atoms with van der Waals surface area (Å²) in [5, 5.41) is 3.37. The summed E-state index contributed by atoms with van der Waals surface area (Å²) in [4.78, 5) is 11.5. The van der Waals surface area contributed by atoms with Crippen molar-refractivity contribution in [3.63, 3.8) is 0 Å². The minimum atomic E-state index is -0.169. The smallest absolute Gasteiger partial charge is 0.313 e. The Kier molecular flexibility index (Phi) is 3.19. The molecule has 2 rings (SSSR count). The molecule has 1 aliphatic carbocycles. The SMILES string of the molecule is COC(=O)C12CCCC(C1)NC2.Cl. The highest BCUT2D eigenvalue weighted by molar-refractivity contribution is 5.85. The minimum absolute atomic E-state index is 0. The highest BCUT2D eigenvalue weighted by Gasteiger charge is 2.48. The van der Waals surface area contributed by atoms with Crippen molar-refractivity contribution in [2.45, 2.75) is 31.7 Å². The van der Waals surface area contributed by atoms with Gasteiger partial charge in [-0.25, -0.2) is 0 Å². The van der Waals surface area contributed by atoms with E-state index in [4.69, 9.17) is 4.74 Å². The molecule has 1 saturated heterocycles. The fourth-order valence-corrected chi connectivity index (χ4v) is 2.51. The number of nitrogens with one attached hydrogen (secondary N) is 1. The molecule has 13 heavy (non-hydrogen) atoms. The standard InChI is InChI=1S/C9H15NO2.ClH/c1-12-8(11)9-4-2-3-7(5-9)10-6-9;/h7,10H,2-6H2,1H3;1H.